The summed E-state index contributed by atoms with van der Waals surface area (Å²) in [5.41, 5.74) is 1.21. The van der Waals surface area contributed by atoms with Crippen molar-refractivity contribution in [2.75, 3.05) is 27.3 Å². The van der Waals surface area contributed by atoms with Gasteiger partial charge in [-0.05, 0) is 32.0 Å². The smallest absolute Gasteiger partial charge is 0.241 e. The van der Waals surface area contributed by atoms with E-state index in [0.717, 1.165) is 13.0 Å². The van der Waals surface area contributed by atoms with E-state index in [0.29, 0.717) is 12.6 Å². The first-order chi connectivity index (χ1) is 9.99. The molecule has 2 rings (SSSR count). The number of nitrogens with zero attached hydrogens (tertiary/aromatic N) is 2. The number of nitrogens with one attached hydrogen (secondary N) is 1. The summed E-state index contributed by atoms with van der Waals surface area (Å²) < 4.78 is 0. The van der Waals surface area contributed by atoms with Crippen molar-refractivity contribution in [2.24, 2.45) is 5.92 Å². The molecule has 1 saturated heterocycles. The van der Waals surface area contributed by atoms with E-state index in [1.54, 1.807) is 0 Å². The van der Waals surface area contributed by atoms with Gasteiger partial charge < -0.3 is 9.80 Å². The zero-order chi connectivity index (χ0) is 15.4. The standard InChI is InChI=1S/C17H27N3O/c1-13(2)16(11-19(3)4)20-12-18-15(17(20)21)10-14-8-6-5-7-9-14/h5-9,13,15-16,18H,10-12H2,1-4H3. The first-order valence-electron chi connectivity index (χ1n) is 7.71. The molecule has 4 nitrogen and oxygen atoms in total. The minimum absolute atomic E-state index is 0.0872. The molecule has 0 aromatic heterocycles. The fourth-order valence-electron chi connectivity index (χ4n) is 2.91. The highest BCUT2D eigenvalue weighted by molar-refractivity contribution is 5.84. The maximum absolute atomic E-state index is 12.7. The Morgan fingerprint density at radius 2 is 1.95 bits per heavy atom. The number of likely N-dealkylation sites (N-methyl/N-ethyl adjacent to an activating group) is 1. The lowest BCUT2D eigenvalue weighted by Crippen LogP contribution is -2.47. The van der Waals surface area contributed by atoms with Crippen LogP contribution in [-0.4, -0.2) is 55.1 Å². The average molecular weight is 289 g/mol. The molecule has 1 fully saturated rings. The molecule has 2 unspecified atom stereocenters. The molecule has 1 aliphatic rings. The van der Waals surface area contributed by atoms with Crippen molar-refractivity contribution in [3.05, 3.63) is 35.9 Å². The second-order valence-electron chi connectivity index (χ2n) is 6.49. The molecule has 1 aliphatic heterocycles. The van der Waals surface area contributed by atoms with Crippen LogP contribution >= 0.6 is 0 Å². The Hall–Kier alpha value is -1.39. The summed E-state index contributed by atoms with van der Waals surface area (Å²) in [6.07, 6.45) is 0.767. The zero-order valence-corrected chi connectivity index (χ0v) is 13.5. The monoisotopic (exact) mass is 289 g/mol. The van der Waals surface area contributed by atoms with E-state index in [1.807, 2.05) is 23.1 Å². The summed E-state index contributed by atoms with van der Waals surface area (Å²) in [5.74, 6) is 0.688. The number of carbonyl (C=O) groups is 1. The van der Waals surface area contributed by atoms with Gasteiger partial charge in [0.2, 0.25) is 5.91 Å². The molecule has 4 heteroatoms. The van der Waals surface area contributed by atoms with Crippen LogP contribution in [0.15, 0.2) is 30.3 Å². The molecule has 0 radical (unpaired) electrons. The Kier molecular flexibility index (Phi) is 5.37. The molecule has 1 heterocycles. The van der Waals surface area contributed by atoms with E-state index in [1.165, 1.54) is 5.56 Å². The fourth-order valence-corrected chi connectivity index (χ4v) is 2.91. The van der Waals surface area contributed by atoms with Crippen LogP contribution in [0.5, 0.6) is 0 Å². The molecule has 2 atom stereocenters. The van der Waals surface area contributed by atoms with Gasteiger partial charge in [-0.1, -0.05) is 44.2 Å². The Bertz CT molecular complexity index is 458. The maximum Gasteiger partial charge on any atom is 0.241 e. The quantitative estimate of drug-likeness (QED) is 0.863. The lowest BCUT2D eigenvalue weighted by atomic mass is 10.0. The number of amides is 1. The molecule has 0 spiro atoms. The van der Waals surface area contributed by atoms with Crippen LogP contribution in [0.25, 0.3) is 0 Å². The van der Waals surface area contributed by atoms with E-state index in [2.05, 4.69) is 50.3 Å². The molecule has 1 aromatic carbocycles. The van der Waals surface area contributed by atoms with Crippen molar-refractivity contribution >= 4 is 5.91 Å². The lowest BCUT2D eigenvalue weighted by Gasteiger charge is -2.32. The molecule has 116 valence electrons. The predicted octanol–water partition coefficient (Wildman–Crippen LogP) is 1.57. The van der Waals surface area contributed by atoms with Crippen molar-refractivity contribution in [2.45, 2.75) is 32.4 Å². The third-order valence-electron chi connectivity index (χ3n) is 4.09. The van der Waals surface area contributed by atoms with Gasteiger partial charge in [-0.15, -0.1) is 0 Å². The van der Waals surface area contributed by atoms with Crippen LogP contribution in [0.3, 0.4) is 0 Å². The summed E-state index contributed by atoms with van der Waals surface area (Å²) in [4.78, 5) is 16.8. The first-order valence-corrected chi connectivity index (χ1v) is 7.71. The van der Waals surface area contributed by atoms with Gasteiger partial charge in [0.05, 0.1) is 12.7 Å². The van der Waals surface area contributed by atoms with Crippen molar-refractivity contribution in [3.63, 3.8) is 0 Å². The highest BCUT2D eigenvalue weighted by Gasteiger charge is 2.36. The van der Waals surface area contributed by atoms with E-state index in [9.17, 15) is 4.79 Å². The summed E-state index contributed by atoms with van der Waals surface area (Å²) in [6.45, 7) is 5.94. The Labute approximate surface area is 128 Å². The molecule has 1 aromatic rings. The van der Waals surface area contributed by atoms with E-state index >= 15 is 0 Å². The Balaban J connectivity index is 2.03. The van der Waals surface area contributed by atoms with Crippen LogP contribution in [0.1, 0.15) is 19.4 Å². The number of hydrogen-bond acceptors (Lipinski definition) is 3. The summed E-state index contributed by atoms with van der Waals surface area (Å²) in [6, 6.07) is 10.4. The van der Waals surface area contributed by atoms with Crippen LogP contribution in [0.2, 0.25) is 0 Å². The van der Waals surface area contributed by atoms with Gasteiger partial charge in [0.15, 0.2) is 0 Å². The van der Waals surface area contributed by atoms with Crippen molar-refractivity contribution in [1.29, 1.82) is 0 Å². The Morgan fingerprint density at radius 1 is 1.29 bits per heavy atom. The van der Waals surface area contributed by atoms with Crippen molar-refractivity contribution < 1.29 is 4.79 Å². The number of benzene rings is 1. The molecule has 21 heavy (non-hydrogen) atoms. The minimum Gasteiger partial charge on any atom is -0.324 e. The van der Waals surface area contributed by atoms with Gasteiger partial charge in [-0.2, -0.15) is 0 Å². The number of rotatable bonds is 6. The number of carbonyl (C=O) groups excluding carboxylic acids is 1. The topological polar surface area (TPSA) is 35.6 Å². The third-order valence-corrected chi connectivity index (χ3v) is 4.09. The third kappa shape index (κ3) is 4.05. The first kappa shape index (κ1) is 16.0. The van der Waals surface area contributed by atoms with Crippen LogP contribution in [0, 0.1) is 5.92 Å². The molecular weight excluding hydrogens is 262 g/mol. The van der Waals surface area contributed by atoms with Crippen LogP contribution < -0.4 is 5.32 Å². The molecule has 0 saturated carbocycles. The summed E-state index contributed by atoms with van der Waals surface area (Å²) in [7, 11) is 4.12. The highest BCUT2D eigenvalue weighted by atomic mass is 16.2. The summed E-state index contributed by atoms with van der Waals surface area (Å²) in [5, 5.41) is 3.37. The van der Waals surface area contributed by atoms with E-state index < -0.39 is 0 Å². The SMILES string of the molecule is CC(C)C(CN(C)C)N1CNC(Cc2ccccc2)C1=O. The second kappa shape index (κ2) is 7.05. The van der Waals surface area contributed by atoms with Crippen LogP contribution in [0.4, 0.5) is 0 Å². The van der Waals surface area contributed by atoms with Gasteiger partial charge in [-0.25, -0.2) is 0 Å². The molecule has 1 N–H and O–H groups in total. The van der Waals surface area contributed by atoms with Gasteiger partial charge in [0.1, 0.15) is 0 Å². The molecule has 1 amide bonds. The Morgan fingerprint density at radius 3 is 2.52 bits per heavy atom. The average Bonchev–Trinajstić information content (AvgIpc) is 2.78. The van der Waals surface area contributed by atoms with Crippen molar-refractivity contribution in [3.8, 4) is 0 Å². The minimum atomic E-state index is -0.0872. The molecule has 0 bridgehead atoms. The fraction of sp³-hybridized carbons (Fsp3) is 0.588. The zero-order valence-electron chi connectivity index (χ0n) is 13.5. The largest absolute Gasteiger partial charge is 0.324 e. The van der Waals surface area contributed by atoms with Gasteiger partial charge >= 0.3 is 0 Å². The van der Waals surface area contributed by atoms with Crippen LogP contribution in [-0.2, 0) is 11.2 Å². The van der Waals surface area contributed by atoms with E-state index in [-0.39, 0.29) is 18.0 Å². The normalized spacial score (nSPS) is 20.6. The van der Waals surface area contributed by atoms with Gasteiger partial charge in [0, 0.05) is 12.6 Å². The highest BCUT2D eigenvalue weighted by Crippen LogP contribution is 2.18. The summed E-state index contributed by atoms with van der Waals surface area (Å²) >= 11 is 0. The van der Waals surface area contributed by atoms with Gasteiger partial charge in [0.25, 0.3) is 0 Å². The van der Waals surface area contributed by atoms with E-state index in [4.69, 9.17) is 0 Å². The lowest BCUT2D eigenvalue weighted by molar-refractivity contribution is -0.131. The van der Waals surface area contributed by atoms with Crippen molar-refractivity contribution in [1.82, 2.24) is 15.1 Å². The predicted molar refractivity (Wildman–Crippen MR) is 86.0 cm³/mol. The molecule has 0 aliphatic carbocycles. The second-order valence-corrected chi connectivity index (χ2v) is 6.49. The molecular formula is C17H27N3O. The maximum atomic E-state index is 12.7. The number of hydrogen-bond donors (Lipinski definition) is 1. The van der Waals surface area contributed by atoms with Gasteiger partial charge in [-0.3, -0.25) is 10.1 Å².